The number of hydrogen-bond acceptors (Lipinski definition) is 2. The number of aryl methyl sites for hydroxylation is 1. The maximum atomic E-state index is 5.51. The Morgan fingerprint density at radius 3 is 2.76 bits per heavy atom. The normalized spacial score (nSPS) is 9.71. The number of thiophene rings is 1. The first-order valence-electron chi connectivity index (χ1n) is 5.72. The summed E-state index contributed by atoms with van der Waals surface area (Å²) >= 11 is 1.67. The number of nitrogens with two attached hydrogens (primary N) is 1. The monoisotopic (exact) mass is 241 g/mol. The Hall–Kier alpha value is -1.56. The zero-order chi connectivity index (χ0) is 11.9. The van der Waals surface area contributed by atoms with Crippen LogP contribution in [0.2, 0.25) is 0 Å². The fourth-order valence-corrected chi connectivity index (χ4v) is 2.18. The van der Waals surface area contributed by atoms with Crippen LogP contribution in [0.15, 0.2) is 41.1 Å². The average Bonchev–Trinajstić information content (AvgIpc) is 2.87. The summed E-state index contributed by atoms with van der Waals surface area (Å²) in [6.45, 7) is 0.741. The van der Waals surface area contributed by atoms with E-state index in [0.717, 1.165) is 30.5 Å². The molecule has 1 heterocycles. The zero-order valence-electron chi connectivity index (χ0n) is 9.65. The summed E-state index contributed by atoms with van der Waals surface area (Å²) in [7, 11) is 0. The molecule has 0 fully saturated rings. The molecule has 17 heavy (non-hydrogen) atoms. The summed E-state index contributed by atoms with van der Waals surface area (Å²) in [5, 5.41) is 4.10. The van der Waals surface area contributed by atoms with Crippen LogP contribution >= 0.6 is 11.3 Å². The molecule has 0 bridgehead atoms. The van der Waals surface area contributed by atoms with Gasteiger partial charge in [-0.1, -0.05) is 24.0 Å². The van der Waals surface area contributed by atoms with E-state index in [-0.39, 0.29) is 0 Å². The molecule has 1 nitrogen and oxygen atoms in total. The molecule has 1 aromatic carbocycles. The van der Waals surface area contributed by atoms with Crippen molar-refractivity contribution < 1.29 is 0 Å². The predicted octanol–water partition coefficient (Wildman–Crippen LogP) is 3.04. The molecule has 0 aliphatic rings. The molecular formula is C15H15NS. The molecule has 2 rings (SSSR count). The molecule has 0 saturated carbocycles. The second-order valence-corrected chi connectivity index (χ2v) is 4.63. The van der Waals surface area contributed by atoms with Crippen molar-refractivity contribution in [3.63, 3.8) is 0 Å². The lowest BCUT2D eigenvalue weighted by atomic mass is 10.1. The summed E-state index contributed by atoms with van der Waals surface area (Å²) < 4.78 is 0. The molecular weight excluding hydrogens is 226 g/mol. The first kappa shape index (κ1) is 11.9. The minimum Gasteiger partial charge on any atom is -0.330 e. The SMILES string of the molecule is NCCCc1cccc(C#Cc2ccsc2)c1. The first-order valence-corrected chi connectivity index (χ1v) is 6.66. The van der Waals surface area contributed by atoms with Gasteiger partial charge >= 0.3 is 0 Å². The van der Waals surface area contributed by atoms with Crippen molar-refractivity contribution >= 4 is 11.3 Å². The molecule has 0 atom stereocenters. The van der Waals surface area contributed by atoms with Crippen LogP contribution in [0.5, 0.6) is 0 Å². The van der Waals surface area contributed by atoms with Crippen LogP contribution < -0.4 is 5.73 Å². The highest BCUT2D eigenvalue weighted by Gasteiger charge is 1.93. The molecule has 0 saturated heterocycles. The van der Waals surface area contributed by atoms with E-state index in [1.165, 1.54) is 5.56 Å². The van der Waals surface area contributed by atoms with Gasteiger partial charge in [0.2, 0.25) is 0 Å². The standard InChI is InChI=1S/C15H15NS/c16-9-2-5-13-3-1-4-14(11-13)6-7-15-8-10-17-12-15/h1,3-4,8,10-12H,2,5,9,16H2. The lowest BCUT2D eigenvalue weighted by molar-refractivity contribution is 0.832. The summed E-state index contributed by atoms with van der Waals surface area (Å²) in [5.41, 5.74) is 8.98. The van der Waals surface area contributed by atoms with Crippen LogP contribution in [-0.4, -0.2) is 6.54 Å². The second kappa shape index (κ2) is 6.24. The van der Waals surface area contributed by atoms with Crippen molar-refractivity contribution in [2.45, 2.75) is 12.8 Å². The summed E-state index contributed by atoms with van der Waals surface area (Å²) in [4.78, 5) is 0. The lowest BCUT2D eigenvalue weighted by Crippen LogP contribution is -2.00. The van der Waals surface area contributed by atoms with Crippen LogP contribution in [0, 0.1) is 11.8 Å². The van der Waals surface area contributed by atoms with Crippen molar-refractivity contribution in [3.05, 3.63) is 57.8 Å². The van der Waals surface area contributed by atoms with Crippen LogP contribution in [0.4, 0.5) is 0 Å². The number of hydrogen-bond donors (Lipinski definition) is 1. The van der Waals surface area contributed by atoms with E-state index in [4.69, 9.17) is 5.73 Å². The molecule has 0 spiro atoms. The van der Waals surface area contributed by atoms with E-state index in [0.29, 0.717) is 0 Å². The van der Waals surface area contributed by atoms with Crippen LogP contribution in [0.3, 0.4) is 0 Å². The molecule has 1 aromatic heterocycles. The Labute approximate surface area is 106 Å². The topological polar surface area (TPSA) is 26.0 Å². The molecule has 0 aliphatic heterocycles. The van der Waals surface area contributed by atoms with E-state index in [9.17, 15) is 0 Å². The summed E-state index contributed by atoms with van der Waals surface area (Å²) in [5.74, 6) is 6.35. The Bertz CT molecular complexity index is 517. The van der Waals surface area contributed by atoms with E-state index >= 15 is 0 Å². The van der Waals surface area contributed by atoms with Crippen LogP contribution in [0.25, 0.3) is 0 Å². The maximum Gasteiger partial charge on any atom is 0.0356 e. The average molecular weight is 241 g/mol. The molecule has 2 N–H and O–H groups in total. The van der Waals surface area contributed by atoms with Gasteiger partial charge in [-0.05, 0) is 48.5 Å². The highest BCUT2D eigenvalue weighted by molar-refractivity contribution is 7.08. The van der Waals surface area contributed by atoms with Gasteiger partial charge in [0.1, 0.15) is 0 Å². The first-order chi connectivity index (χ1) is 8.38. The van der Waals surface area contributed by atoms with E-state index < -0.39 is 0 Å². The van der Waals surface area contributed by atoms with E-state index in [1.807, 2.05) is 17.5 Å². The van der Waals surface area contributed by atoms with Gasteiger partial charge in [-0.2, -0.15) is 11.3 Å². The molecule has 0 unspecified atom stereocenters. The summed E-state index contributed by atoms with van der Waals surface area (Å²) in [6, 6.07) is 10.4. The van der Waals surface area contributed by atoms with Gasteiger partial charge < -0.3 is 5.73 Å². The Kier molecular flexibility index (Phi) is 4.37. The predicted molar refractivity (Wildman–Crippen MR) is 74.1 cm³/mol. The van der Waals surface area contributed by atoms with Crippen molar-refractivity contribution in [2.24, 2.45) is 5.73 Å². The minimum absolute atomic E-state index is 0.741. The highest BCUT2D eigenvalue weighted by Crippen LogP contribution is 2.08. The van der Waals surface area contributed by atoms with Crippen molar-refractivity contribution in [1.29, 1.82) is 0 Å². The largest absolute Gasteiger partial charge is 0.330 e. The quantitative estimate of drug-likeness (QED) is 0.821. The van der Waals surface area contributed by atoms with Crippen molar-refractivity contribution in [2.75, 3.05) is 6.54 Å². The third-order valence-electron chi connectivity index (χ3n) is 2.47. The van der Waals surface area contributed by atoms with Gasteiger partial charge in [0.15, 0.2) is 0 Å². The molecule has 2 heteroatoms. The molecule has 0 radical (unpaired) electrons. The van der Waals surface area contributed by atoms with Gasteiger partial charge in [-0.15, -0.1) is 0 Å². The molecule has 0 amide bonds. The fourth-order valence-electron chi connectivity index (χ4n) is 1.59. The third-order valence-corrected chi connectivity index (χ3v) is 3.15. The van der Waals surface area contributed by atoms with Gasteiger partial charge in [-0.3, -0.25) is 0 Å². The Morgan fingerprint density at radius 1 is 1.12 bits per heavy atom. The number of rotatable bonds is 3. The Morgan fingerprint density at radius 2 is 2.00 bits per heavy atom. The minimum atomic E-state index is 0.741. The van der Waals surface area contributed by atoms with Gasteiger partial charge in [-0.25, -0.2) is 0 Å². The van der Waals surface area contributed by atoms with Crippen LogP contribution in [-0.2, 0) is 6.42 Å². The lowest BCUT2D eigenvalue weighted by Gasteiger charge is -1.99. The van der Waals surface area contributed by atoms with Crippen molar-refractivity contribution in [3.8, 4) is 11.8 Å². The van der Waals surface area contributed by atoms with Crippen molar-refractivity contribution in [1.82, 2.24) is 0 Å². The number of benzene rings is 1. The smallest absolute Gasteiger partial charge is 0.0356 e. The van der Waals surface area contributed by atoms with Gasteiger partial charge in [0, 0.05) is 16.5 Å². The van der Waals surface area contributed by atoms with Crippen LogP contribution in [0.1, 0.15) is 23.1 Å². The molecule has 86 valence electrons. The van der Waals surface area contributed by atoms with Gasteiger partial charge in [0.05, 0.1) is 0 Å². The summed E-state index contributed by atoms with van der Waals surface area (Å²) in [6.07, 6.45) is 2.06. The molecule has 2 aromatic rings. The Balaban J connectivity index is 2.11. The van der Waals surface area contributed by atoms with E-state index in [2.05, 4.69) is 35.4 Å². The second-order valence-electron chi connectivity index (χ2n) is 3.85. The third kappa shape index (κ3) is 3.74. The molecule has 0 aliphatic carbocycles. The highest BCUT2D eigenvalue weighted by atomic mass is 32.1. The fraction of sp³-hybridized carbons (Fsp3) is 0.200. The zero-order valence-corrected chi connectivity index (χ0v) is 10.5. The van der Waals surface area contributed by atoms with E-state index in [1.54, 1.807) is 11.3 Å². The van der Waals surface area contributed by atoms with Gasteiger partial charge in [0.25, 0.3) is 0 Å². The maximum absolute atomic E-state index is 5.51.